The second kappa shape index (κ2) is 7.15. The summed E-state index contributed by atoms with van der Waals surface area (Å²) >= 11 is -0.774. The van der Waals surface area contributed by atoms with E-state index in [9.17, 15) is 0 Å². The zero-order chi connectivity index (χ0) is 21.1. The van der Waals surface area contributed by atoms with Crippen LogP contribution in [0.25, 0.3) is 0 Å². The molecule has 2 rings (SSSR count). The number of hydrogen-bond acceptors (Lipinski definition) is 0. The zero-order valence-corrected chi connectivity index (χ0v) is 26.4. The fourth-order valence-corrected chi connectivity index (χ4v) is 22.8. The van der Waals surface area contributed by atoms with Crippen LogP contribution in [0.15, 0.2) is 46.8 Å². The van der Waals surface area contributed by atoms with E-state index in [2.05, 4.69) is 115 Å². The molecule has 2 aliphatic carbocycles. The van der Waals surface area contributed by atoms with Crippen molar-refractivity contribution in [2.24, 2.45) is 0 Å². The van der Waals surface area contributed by atoms with Gasteiger partial charge in [0.05, 0.1) is 0 Å². The van der Waals surface area contributed by atoms with Gasteiger partial charge in [0.15, 0.2) is 0 Å². The molecule has 0 saturated carbocycles. The van der Waals surface area contributed by atoms with Gasteiger partial charge in [-0.2, -0.15) is 0 Å². The molecule has 0 saturated heterocycles. The maximum absolute atomic E-state index is 2.83. The SMILES string of the molecule is C[Si](C)(C)C1=C[C]([Zr][C]2([Si](C)(C)C)C=CC([Si](C)(C)C)=C2)([Si](C)(C)C)C=C1. The van der Waals surface area contributed by atoms with Gasteiger partial charge < -0.3 is 0 Å². The number of rotatable bonds is 6. The van der Waals surface area contributed by atoms with Gasteiger partial charge in [0.25, 0.3) is 0 Å². The van der Waals surface area contributed by atoms with Crippen molar-refractivity contribution in [2.45, 2.75) is 84.1 Å². The molecule has 0 nitrogen and oxygen atoms in total. The third-order valence-corrected chi connectivity index (χ3v) is 32.2. The Morgan fingerprint density at radius 1 is 0.556 bits per heavy atom. The molecular weight excluding hydrogens is 468 g/mol. The van der Waals surface area contributed by atoms with Crippen LogP contribution in [0.5, 0.6) is 0 Å². The van der Waals surface area contributed by atoms with Crippen molar-refractivity contribution in [1.82, 2.24) is 0 Å². The van der Waals surface area contributed by atoms with Crippen molar-refractivity contribution in [1.29, 1.82) is 0 Å². The first kappa shape index (κ1) is 24.0. The van der Waals surface area contributed by atoms with Gasteiger partial charge in [-0.25, -0.2) is 0 Å². The number of allylic oxidation sites excluding steroid dienone is 8. The summed E-state index contributed by atoms with van der Waals surface area (Å²) in [6, 6.07) is 0. The normalized spacial score (nSPS) is 29.2. The summed E-state index contributed by atoms with van der Waals surface area (Å²) in [6.07, 6.45) is 16.2. The summed E-state index contributed by atoms with van der Waals surface area (Å²) in [5.41, 5.74) is 0. The van der Waals surface area contributed by atoms with Gasteiger partial charge >= 0.3 is 186 Å². The van der Waals surface area contributed by atoms with E-state index in [1.54, 1.807) is 10.4 Å². The molecule has 2 atom stereocenters. The Hall–Kier alpha value is 0.711. The van der Waals surface area contributed by atoms with Crippen molar-refractivity contribution in [3.8, 4) is 0 Å². The van der Waals surface area contributed by atoms with Crippen molar-refractivity contribution >= 4 is 32.3 Å². The van der Waals surface area contributed by atoms with Crippen LogP contribution in [0.2, 0.25) is 84.1 Å². The predicted molar refractivity (Wildman–Crippen MR) is 133 cm³/mol. The molecule has 0 aromatic rings. The molecule has 0 heterocycles. The Labute approximate surface area is 185 Å². The van der Waals surface area contributed by atoms with Crippen LogP contribution in [-0.2, 0) is 23.2 Å². The van der Waals surface area contributed by atoms with E-state index < -0.39 is 55.5 Å². The van der Waals surface area contributed by atoms with E-state index in [-0.39, 0.29) is 0 Å². The Balaban J connectivity index is 2.61. The van der Waals surface area contributed by atoms with Crippen molar-refractivity contribution < 1.29 is 23.2 Å². The third-order valence-electron chi connectivity index (χ3n) is 6.45. The van der Waals surface area contributed by atoms with E-state index in [1.807, 2.05) is 0 Å². The van der Waals surface area contributed by atoms with Gasteiger partial charge in [0, 0.05) is 0 Å². The second-order valence-corrected chi connectivity index (χ2v) is 40.7. The first-order valence-electron chi connectivity index (χ1n) is 10.5. The second-order valence-electron chi connectivity index (χ2n) is 12.7. The molecule has 0 amide bonds. The monoisotopic (exact) mass is 508 g/mol. The molecule has 0 bridgehead atoms. The van der Waals surface area contributed by atoms with Gasteiger partial charge in [-0.3, -0.25) is 0 Å². The van der Waals surface area contributed by atoms with E-state index in [0.717, 1.165) is 0 Å². The Morgan fingerprint density at radius 3 is 1.04 bits per heavy atom. The maximum atomic E-state index is 2.83. The molecule has 0 N–H and O–H groups in total. The van der Waals surface area contributed by atoms with E-state index in [0.29, 0.717) is 5.49 Å². The molecule has 150 valence electrons. The summed E-state index contributed by atoms with van der Waals surface area (Å²) in [5, 5.41) is 3.43. The summed E-state index contributed by atoms with van der Waals surface area (Å²) < 4.78 is 0.921. The first-order valence-corrected chi connectivity index (χ1v) is 26.9. The molecule has 0 aliphatic heterocycles. The Bertz CT molecular complexity index is 655. The van der Waals surface area contributed by atoms with Crippen molar-refractivity contribution in [2.75, 3.05) is 0 Å². The summed E-state index contributed by atoms with van der Waals surface area (Å²) in [7, 11) is -5.21. The molecule has 0 fully saturated rings. The van der Waals surface area contributed by atoms with Gasteiger partial charge in [0.2, 0.25) is 0 Å². The quantitative estimate of drug-likeness (QED) is 0.319. The molecule has 0 radical (unpaired) electrons. The minimum atomic E-state index is -1.35. The molecule has 0 aromatic carbocycles. The summed E-state index contributed by atoms with van der Waals surface area (Å²) in [4.78, 5) is 0. The third kappa shape index (κ3) is 4.73. The predicted octanol–water partition coefficient (Wildman–Crippen LogP) is 7.89. The molecule has 0 aromatic heterocycles. The fraction of sp³-hybridized carbons (Fsp3) is 0.636. The number of hydrogen-bond donors (Lipinski definition) is 0. The van der Waals surface area contributed by atoms with Crippen LogP contribution >= 0.6 is 0 Å². The van der Waals surface area contributed by atoms with E-state index in [1.165, 1.54) is 0 Å². The average molecular weight is 510 g/mol. The fourth-order valence-electron chi connectivity index (χ4n) is 3.86. The van der Waals surface area contributed by atoms with Crippen LogP contribution in [-0.4, -0.2) is 32.3 Å². The van der Waals surface area contributed by atoms with Gasteiger partial charge in [0.1, 0.15) is 0 Å². The van der Waals surface area contributed by atoms with Crippen LogP contribution in [0.4, 0.5) is 0 Å². The van der Waals surface area contributed by atoms with Crippen LogP contribution < -0.4 is 0 Å². The Morgan fingerprint density at radius 2 is 0.852 bits per heavy atom. The molecule has 5 heteroatoms. The van der Waals surface area contributed by atoms with Crippen molar-refractivity contribution in [3.05, 3.63) is 46.8 Å². The standard InChI is InChI=1S/2C11H21Si2.Zr/c2*1-12(2,3)10-7-8-11(9-10)13(4,5)6;/h2*7-9H,1-6H3;. The minimum absolute atomic E-state index is 0.460. The zero-order valence-electron chi connectivity index (χ0n) is 20.0. The molecule has 0 spiro atoms. The van der Waals surface area contributed by atoms with Crippen LogP contribution in [0.1, 0.15) is 0 Å². The van der Waals surface area contributed by atoms with Gasteiger partial charge in [-0.1, -0.05) is 0 Å². The first-order chi connectivity index (χ1) is 11.8. The van der Waals surface area contributed by atoms with E-state index in [4.69, 9.17) is 0 Å². The van der Waals surface area contributed by atoms with E-state index >= 15 is 0 Å². The van der Waals surface area contributed by atoms with Crippen molar-refractivity contribution in [3.63, 3.8) is 0 Å². The average Bonchev–Trinajstić information content (AvgIpc) is 3.02. The van der Waals surface area contributed by atoms with Crippen LogP contribution in [0.3, 0.4) is 0 Å². The molecule has 2 aliphatic rings. The molecule has 27 heavy (non-hydrogen) atoms. The molecular formula is C22H42Si4Zr. The summed E-state index contributed by atoms with van der Waals surface area (Å²) in [6.45, 7) is 30.9. The summed E-state index contributed by atoms with van der Waals surface area (Å²) in [5.74, 6) is 0. The van der Waals surface area contributed by atoms with Gasteiger partial charge in [-0.05, 0) is 0 Å². The molecule has 2 unspecified atom stereocenters. The van der Waals surface area contributed by atoms with Crippen LogP contribution in [0, 0.1) is 0 Å². The van der Waals surface area contributed by atoms with Gasteiger partial charge in [-0.15, -0.1) is 0 Å². The topological polar surface area (TPSA) is 0 Å². The Kier molecular flexibility index (Phi) is 6.35.